The molecule has 6 N–H and O–H groups in total. The number of anilines is 6. The van der Waals surface area contributed by atoms with E-state index in [1.807, 2.05) is 165 Å². The SMILES string of the molecule is CN(CCC[n+]1ccccc1N=Nc1ccc(Nc2ccc(N(CCO)CCO)cc2)cc1)C(=O)c1ccc(C(=O)N(C)CCC[n+]2ccccc2/N=N/c2ccc(Nc3ccc(N(CCO)CCO)cc3)cc2)cc1. The highest BCUT2D eigenvalue weighted by molar-refractivity contribution is 5.97. The lowest BCUT2D eigenvalue weighted by molar-refractivity contribution is -0.684. The Bertz CT molecular complexity index is 2750. The predicted molar refractivity (Wildman–Crippen MR) is 296 cm³/mol. The fraction of sp³-hybridized carbons (Fsp3) is 0.276. The van der Waals surface area contributed by atoms with E-state index in [1.54, 1.807) is 48.2 Å². The van der Waals surface area contributed by atoms with Gasteiger partial charge in [0.2, 0.25) is 0 Å². The maximum absolute atomic E-state index is 13.4. The van der Waals surface area contributed by atoms with Crippen LogP contribution in [0.1, 0.15) is 33.6 Å². The molecule has 2 amide bonds. The van der Waals surface area contributed by atoms with Crippen molar-refractivity contribution in [3.8, 4) is 0 Å². The molecule has 7 aromatic rings. The molecule has 0 aliphatic heterocycles. The number of rotatable bonds is 28. The first-order chi connectivity index (χ1) is 37.1. The Morgan fingerprint density at radius 3 is 1.08 bits per heavy atom. The van der Waals surface area contributed by atoms with Gasteiger partial charge in [0.25, 0.3) is 11.8 Å². The van der Waals surface area contributed by atoms with Crippen LogP contribution in [0.15, 0.2) is 191 Å². The quantitative estimate of drug-likeness (QED) is 0.0204. The lowest BCUT2D eigenvalue weighted by Gasteiger charge is -2.23. The third-order valence-electron chi connectivity index (χ3n) is 12.5. The van der Waals surface area contributed by atoms with Gasteiger partial charge in [-0.2, -0.15) is 0 Å². The van der Waals surface area contributed by atoms with Crippen LogP contribution >= 0.6 is 0 Å². The van der Waals surface area contributed by atoms with Gasteiger partial charge in [0.1, 0.15) is 11.4 Å². The number of aliphatic hydroxyl groups excluding tert-OH is 4. The summed E-state index contributed by atoms with van der Waals surface area (Å²) in [5.41, 5.74) is 7.82. The number of amides is 2. The Kier molecular flexibility index (Phi) is 21.0. The minimum atomic E-state index is -0.133. The van der Waals surface area contributed by atoms with Crippen molar-refractivity contribution in [2.24, 2.45) is 20.5 Å². The molecular formula is C58H68N12O6+2. The molecule has 0 unspecified atom stereocenters. The standard InChI is InChI=1S/C58H66N12O6/c1-65(31-7-35-69-33-5-3-9-55(69)63-61-51-19-15-47(16-20-51)59-49-23-27-53(28-24-49)67(37-41-71)38-42-72)57(75)45-11-13-46(14-12-45)58(76)66(2)32-8-36-70-34-6-4-10-56(70)64-62-52-21-17-48(18-22-52)60-50-25-29-54(30-26-50)68(39-43-73)40-44-74/h3-6,9-30,33-34,71-74H,7-8,31-32,35-44H2,1-2H3/p+2. The molecule has 0 aliphatic rings. The van der Waals surface area contributed by atoms with E-state index in [0.717, 1.165) is 34.1 Å². The van der Waals surface area contributed by atoms with Crippen molar-refractivity contribution in [1.82, 2.24) is 9.80 Å². The van der Waals surface area contributed by atoms with Crippen LogP contribution in [-0.2, 0) is 13.1 Å². The molecule has 2 heterocycles. The van der Waals surface area contributed by atoms with Crippen LogP contribution < -0.4 is 29.6 Å². The van der Waals surface area contributed by atoms with Crippen molar-refractivity contribution in [3.05, 3.63) is 181 Å². The van der Waals surface area contributed by atoms with Crippen LogP contribution in [0.3, 0.4) is 0 Å². The molecular weight excluding hydrogens is 961 g/mol. The van der Waals surface area contributed by atoms with Gasteiger partial charge in [-0.15, -0.1) is 0 Å². The van der Waals surface area contributed by atoms with Crippen LogP contribution in [0.4, 0.5) is 57.1 Å². The number of hydrogen-bond donors (Lipinski definition) is 6. The molecule has 0 fully saturated rings. The molecule has 0 radical (unpaired) electrons. The molecule has 0 aliphatic carbocycles. The van der Waals surface area contributed by atoms with Gasteiger partial charge in [0.05, 0.1) is 62.1 Å². The van der Waals surface area contributed by atoms with E-state index in [4.69, 9.17) is 0 Å². The lowest BCUT2D eigenvalue weighted by Crippen LogP contribution is -2.36. The summed E-state index contributed by atoms with van der Waals surface area (Å²) in [6.45, 7) is 4.08. The molecule has 0 atom stereocenters. The molecule has 18 heteroatoms. The lowest BCUT2D eigenvalue weighted by atomic mass is 10.1. The number of nitrogens with zero attached hydrogens (tertiary/aromatic N) is 10. The van der Waals surface area contributed by atoms with Gasteiger partial charge < -0.3 is 50.7 Å². The molecule has 394 valence electrons. The highest BCUT2D eigenvalue weighted by atomic mass is 16.3. The van der Waals surface area contributed by atoms with Gasteiger partial charge in [-0.05, 0) is 144 Å². The minimum Gasteiger partial charge on any atom is -0.395 e. The van der Waals surface area contributed by atoms with E-state index in [0.29, 0.717) is 99.3 Å². The smallest absolute Gasteiger partial charge is 0.350 e. The fourth-order valence-corrected chi connectivity index (χ4v) is 8.36. The number of pyridine rings is 2. The van der Waals surface area contributed by atoms with Crippen molar-refractivity contribution < 1.29 is 39.1 Å². The number of carbonyl (C=O) groups excluding carboxylic acids is 2. The molecule has 0 saturated carbocycles. The van der Waals surface area contributed by atoms with Crippen LogP contribution in [0.25, 0.3) is 0 Å². The zero-order chi connectivity index (χ0) is 53.5. The van der Waals surface area contributed by atoms with E-state index in [1.165, 1.54) is 0 Å². The van der Waals surface area contributed by atoms with Gasteiger partial charge in [-0.1, -0.05) is 12.1 Å². The van der Waals surface area contributed by atoms with Crippen molar-refractivity contribution in [1.29, 1.82) is 0 Å². The second kappa shape index (κ2) is 28.9. The van der Waals surface area contributed by atoms with E-state index < -0.39 is 0 Å². The van der Waals surface area contributed by atoms with E-state index >= 15 is 0 Å². The maximum Gasteiger partial charge on any atom is 0.350 e. The summed E-state index contributed by atoms with van der Waals surface area (Å²) in [5, 5.41) is 62.2. The molecule has 5 aromatic carbocycles. The fourth-order valence-electron chi connectivity index (χ4n) is 8.36. The van der Waals surface area contributed by atoms with Crippen LogP contribution in [0.2, 0.25) is 0 Å². The van der Waals surface area contributed by atoms with E-state index in [9.17, 15) is 30.0 Å². The maximum atomic E-state index is 13.4. The Balaban J connectivity index is 0.830. The van der Waals surface area contributed by atoms with Gasteiger partial charge in [0, 0.05) is 124 Å². The summed E-state index contributed by atoms with van der Waals surface area (Å²) < 4.78 is 4.01. The Labute approximate surface area is 444 Å². The van der Waals surface area contributed by atoms with Crippen molar-refractivity contribution in [2.75, 3.05) is 100 Å². The average molecular weight is 1030 g/mol. The number of carbonyl (C=O) groups is 2. The molecule has 0 spiro atoms. The number of aromatic nitrogens is 2. The summed E-state index contributed by atoms with van der Waals surface area (Å²) >= 11 is 0. The summed E-state index contributed by atoms with van der Waals surface area (Å²) in [6, 6.07) is 49.2. The van der Waals surface area contributed by atoms with Crippen LogP contribution in [-0.4, -0.2) is 122 Å². The number of aryl methyl sites for hydroxylation is 2. The topological polar surface area (TPSA) is 209 Å². The third-order valence-corrected chi connectivity index (χ3v) is 12.5. The van der Waals surface area contributed by atoms with Crippen molar-refractivity contribution in [2.45, 2.75) is 25.9 Å². The Morgan fingerprint density at radius 1 is 0.421 bits per heavy atom. The highest BCUT2D eigenvalue weighted by Crippen LogP contribution is 2.26. The first-order valence-electron chi connectivity index (χ1n) is 25.4. The number of aliphatic hydroxyl groups is 4. The molecule has 0 bridgehead atoms. The van der Waals surface area contributed by atoms with Gasteiger partial charge in [0.15, 0.2) is 0 Å². The number of azo groups is 2. The van der Waals surface area contributed by atoms with Crippen molar-refractivity contribution in [3.63, 3.8) is 0 Å². The molecule has 7 rings (SSSR count). The summed E-state index contributed by atoms with van der Waals surface area (Å²) in [7, 11) is 3.55. The number of nitrogens with one attached hydrogen (secondary N) is 2. The normalized spacial score (nSPS) is 11.2. The van der Waals surface area contributed by atoms with Crippen LogP contribution in [0.5, 0.6) is 0 Å². The molecule has 2 aromatic heterocycles. The zero-order valence-electron chi connectivity index (χ0n) is 43.1. The van der Waals surface area contributed by atoms with E-state index in [2.05, 4.69) is 31.1 Å². The van der Waals surface area contributed by atoms with Gasteiger partial charge >= 0.3 is 11.6 Å². The number of benzene rings is 5. The summed E-state index contributed by atoms with van der Waals surface area (Å²) in [6.07, 6.45) is 5.25. The Hall–Kier alpha value is -8.42. The largest absolute Gasteiger partial charge is 0.395 e. The average Bonchev–Trinajstić information content (AvgIpc) is 3.45. The first kappa shape index (κ1) is 55.3. The third kappa shape index (κ3) is 16.3. The second-order valence-electron chi connectivity index (χ2n) is 17.9. The Morgan fingerprint density at radius 2 is 0.750 bits per heavy atom. The summed E-state index contributed by atoms with van der Waals surface area (Å²) in [5.74, 6) is 1.10. The molecule has 76 heavy (non-hydrogen) atoms. The van der Waals surface area contributed by atoms with Crippen molar-refractivity contribution >= 4 is 68.9 Å². The second-order valence-corrected chi connectivity index (χ2v) is 17.9. The highest BCUT2D eigenvalue weighted by Gasteiger charge is 2.18. The summed E-state index contributed by atoms with van der Waals surface area (Å²) in [4.78, 5) is 34.1. The molecule has 0 saturated heterocycles. The van der Waals surface area contributed by atoms with Gasteiger partial charge in [-0.25, -0.2) is 9.13 Å². The predicted octanol–water partition coefficient (Wildman–Crippen LogP) is 8.49. The first-order valence-corrected chi connectivity index (χ1v) is 25.4. The van der Waals surface area contributed by atoms with Gasteiger partial charge in [-0.3, -0.25) is 9.59 Å². The monoisotopic (exact) mass is 1030 g/mol. The van der Waals surface area contributed by atoms with Crippen LogP contribution in [0, 0.1) is 0 Å². The van der Waals surface area contributed by atoms with E-state index in [-0.39, 0.29) is 38.2 Å². The number of hydrogen-bond acceptors (Lipinski definition) is 14. The molecule has 18 nitrogen and oxygen atoms in total. The minimum absolute atomic E-state index is 0.00879. The zero-order valence-corrected chi connectivity index (χ0v) is 43.1.